The van der Waals surface area contributed by atoms with E-state index in [9.17, 15) is 4.79 Å². The highest BCUT2D eigenvalue weighted by Crippen LogP contribution is 2.02. The van der Waals surface area contributed by atoms with Gasteiger partial charge in [-0.25, -0.2) is 4.79 Å². The first kappa shape index (κ1) is 8.32. The number of nitrogens with zero attached hydrogens (tertiary/aromatic N) is 1. The largest absolute Gasteiger partial charge is 0.476 e. The minimum Gasteiger partial charge on any atom is -0.476 e. The number of carbonyl (C=O) groups is 1. The predicted octanol–water partition coefficient (Wildman–Crippen LogP) is 0.715. The van der Waals surface area contributed by atoms with E-state index in [1.54, 1.807) is 6.07 Å². The van der Waals surface area contributed by atoms with Crippen molar-refractivity contribution in [2.75, 3.05) is 7.11 Å². The van der Waals surface area contributed by atoms with E-state index in [1.165, 1.54) is 19.4 Å². The molecule has 1 heterocycles. The summed E-state index contributed by atoms with van der Waals surface area (Å²) in [6.07, 6.45) is 1.36. The summed E-state index contributed by atoms with van der Waals surface area (Å²) >= 11 is 0. The monoisotopic (exact) mass is 169 g/mol. The normalized spacial score (nSPS) is 11.2. The van der Waals surface area contributed by atoms with E-state index in [0.717, 1.165) is 0 Å². The van der Waals surface area contributed by atoms with Crippen molar-refractivity contribution >= 4 is 11.7 Å². The lowest BCUT2D eigenvalue weighted by molar-refractivity contribution is -0.129. The number of aliphatic carboxylic acids is 1. The highest BCUT2D eigenvalue weighted by atomic mass is 16.6. The highest BCUT2D eigenvalue weighted by molar-refractivity contribution is 6.41. The second-order valence-corrected chi connectivity index (χ2v) is 1.90. The lowest BCUT2D eigenvalue weighted by atomic mass is 10.3. The van der Waals surface area contributed by atoms with Crippen LogP contribution in [-0.2, 0) is 9.63 Å². The SMILES string of the molecule is CO/N=C(/C(=O)O)c1ccco1. The van der Waals surface area contributed by atoms with Crippen molar-refractivity contribution in [3.8, 4) is 0 Å². The molecule has 0 aliphatic rings. The fraction of sp³-hybridized carbons (Fsp3) is 0.143. The predicted molar refractivity (Wildman–Crippen MR) is 39.9 cm³/mol. The van der Waals surface area contributed by atoms with Crippen LogP contribution in [0.5, 0.6) is 0 Å². The average Bonchev–Trinajstić information content (AvgIpc) is 2.51. The van der Waals surface area contributed by atoms with Gasteiger partial charge in [0, 0.05) is 0 Å². The van der Waals surface area contributed by atoms with Gasteiger partial charge < -0.3 is 14.4 Å². The van der Waals surface area contributed by atoms with Crippen molar-refractivity contribution in [2.24, 2.45) is 5.16 Å². The molecule has 0 radical (unpaired) electrons. The molecule has 0 bridgehead atoms. The van der Waals surface area contributed by atoms with E-state index < -0.39 is 5.97 Å². The molecule has 0 saturated carbocycles. The molecular formula is C7H7NO4. The maximum Gasteiger partial charge on any atom is 0.361 e. The minimum absolute atomic E-state index is 0.171. The molecule has 0 atom stereocenters. The lowest BCUT2D eigenvalue weighted by Gasteiger charge is -1.94. The van der Waals surface area contributed by atoms with Crippen LogP contribution in [0.15, 0.2) is 28.0 Å². The molecule has 64 valence electrons. The van der Waals surface area contributed by atoms with Crippen LogP contribution in [-0.4, -0.2) is 23.9 Å². The van der Waals surface area contributed by atoms with Gasteiger partial charge in [0.1, 0.15) is 7.11 Å². The number of furan rings is 1. The van der Waals surface area contributed by atoms with Crippen LogP contribution in [0.3, 0.4) is 0 Å². The Labute approximate surface area is 68.2 Å². The molecule has 1 aromatic heterocycles. The average molecular weight is 169 g/mol. The van der Waals surface area contributed by atoms with Crippen molar-refractivity contribution in [3.63, 3.8) is 0 Å². The fourth-order valence-corrected chi connectivity index (χ4v) is 0.694. The molecule has 0 unspecified atom stereocenters. The van der Waals surface area contributed by atoms with Crippen LogP contribution in [0.1, 0.15) is 5.76 Å². The smallest absolute Gasteiger partial charge is 0.361 e. The molecule has 1 aromatic rings. The molecule has 0 aromatic carbocycles. The summed E-state index contributed by atoms with van der Waals surface area (Å²) in [5.41, 5.74) is -0.248. The third-order valence-electron chi connectivity index (χ3n) is 1.14. The van der Waals surface area contributed by atoms with Crippen molar-refractivity contribution < 1.29 is 19.2 Å². The second kappa shape index (κ2) is 3.56. The van der Waals surface area contributed by atoms with E-state index in [2.05, 4.69) is 9.99 Å². The Morgan fingerprint density at radius 2 is 2.50 bits per heavy atom. The maximum absolute atomic E-state index is 10.5. The van der Waals surface area contributed by atoms with Crippen LogP contribution < -0.4 is 0 Å². The zero-order valence-corrected chi connectivity index (χ0v) is 6.35. The molecule has 5 heteroatoms. The van der Waals surface area contributed by atoms with Gasteiger partial charge in [0.25, 0.3) is 0 Å². The van der Waals surface area contributed by atoms with Gasteiger partial charge in [0.15, 0.2) is 5.76 Å². The first-order chi connectivity index (χ1) is 5.75. The van der Waals surface area contributed by atoms with Crippen molar-refractivity contribution in [3.05, 3.63) is 24.2 Å². The Kier molecular flexibility index (Phi) is 2.47. The Bertz CT molecular complexity index is 288. The molecule has 0 saturated heterocycles. The standard InChI is InChI=1S/C7H7NO4/c1-11-8-6(7(9)10)5-3-2-4-12-5/h2-4H,1H3,(H,9,10)/b8-6+. The molecule has 1 rings (SSSR count). The Morgan fingerprint density at radius 1 is 1.75 bits per heavy atom. The summed E-state index contributed by atoms with van der Waals surface area (Å²) in [6, 6.07) is 3.06. The zero-order valence-electron chi connectivity index (χ0n) is 6.35. The van der Waals surface area contributed by atoms with Gasteiger partial charge in [0.05, 0.1) is 6.26 Å². The van der Waals surface area contributed by atoms with Gasteiger partial charge in [-0.3, -0.25) is 0 Å². The minimum atomic E-state index is -1.19. The second-order valence-electron chi connectivity index (χ2n) is 1.90. The molecule has 0 aliphatic carbocycles. The summed E-state index contributed by atoms with van der Waals surface area (Å²) in [5, 5.41) is 11.9. The molecule has 0 aliphatic heterocycles. The first-order valence-electron chi connectivity index (χ1n) is 3.14. The summed E-state index contributed by atoms with van der Waals surface area (Å²) in [7, 11) is 1.27. The molecule has 0 fully saturated rings. The molecular weight excluding hydrogens is 162 g/mol. The Morgan fingerprint density at radius 3 is 2.92 bits per heavy atom. The van der Waals surface area contributed by atoms with Crippen LogP contribution in [0.2, 0.25) is 0 Å². The molecule has 12 heavy (non-hydrogen) atoms. The number of carboxylic acid groups (broad SMARTS) is 1. The van der Waals surface area contributed by atoms with Crippen molar-refractivity contribution in [2.45, 2.75) is 0 Å². The van der Waals surface area contributed by atoms with E-state index in [4.69, 9.17) is 9.52 Å². The van der Waals surface area contributed by atoms with Crippen LogP contribution in [0.4, 0.5) is 0 Å². The highest BCUT2D eigenvalue weighted by Gasteiger charge is 2.15. The van der Waals surface area contributed by atoms with Gasteiger partial charge in [-0.2, -0.15) is 0 Å². The number of rotatable bonds is 3. The van der Waals surface area contributed by atoms with Crippen molar-refractivity contribution in [1.82, 2.24) is 0 Å². The zero-order chi connectivity index (χ0) is 8.97. The number of oxime groups is 1. The van der Waals surface area contributed by atoms with Crippen LogP contribution >= 0.6 is 0 Å². The summed E-state index contributed by atoms with van der Waals surface area (Å²) < 4.78 is 4.82. The van der Waals surface area contributed by atoms with E-state index in [1.807, 2.05) is 0 Å². The van der Waals surface area contributed by atoms with Gasteiger partial charge in [-0.1, -0.05) is 5.16 Å². The quantitative estimate of drug-likeness (QED) is 0.534. The van der Waals surface area contributed by atoms with E-state index in [0.29, 0.717) is 0 Å². The fourth-order valence-electron chi connectivity index (χ4n) is 0.694. The van der Waals surface area contributed by atoms with Crippen LogP contribution in [0.25, 0.3) is 0 Å². The topological polar surface area (TPSA) is 72.0 Å². The van der Waals surface area contributed by atoms with Gasteiger partial charge in [0.2, 0.25) is 5.71 Å². The Hall–Kier alpha value is -1.78. The van der Waals surface area contributed by atoms with E-state index in [-0.39, 0.29) is 11.5 Å². The lowest BCUT2D eigenvalue weighted by Crippen LogP contribution is -2.13. The van der Waals surface area contributed by atoms with Gasteiger partial charge in [-0.05, 0) is 12.1 Å². The number of carboxylic acids is 1. The van der Waals surface area contributed by atoms with Crippen molar-refractivity contribution in [1.29, 1.82) is 0 Å². The van der Waals surface area contributed by atoms with E-state index >= 15 is 0 Å². The Balaban J connectivity index is 2.96. The third kappa shape index (κ3) is 1.63. The number of hydrogen-bond acceptors (Lipinski definition) is 4. The molecule has 1 N–H and O–H groups in total. The number of hydrogen-bond donors (Lipinski definition) is 1. The first-order valence-corrected chi connectivity index (χ1v) is 3.14. The molecule has 0 spiro atoms. The summed E-state index contributed by atoms with van der Waals surface area (Å²) in [5.74, 6) is -1.02. The third-order valence-corrected chi connectivity index (χ3v) is 1.14. The van der Waals surface area contributed by atoms with Gasteiger partial charge in [-0.15, -0.1) is 0 Å². The summed E-state index contributed by atoms with van der Waals surface area (Å²) in [6.45, 7) is 0. The molecule has 5 nitrogen and oxygen atoms in total. The van der Waals surface area contributed by atoms with Gasteiger partial charge >= 0.3 is 5.97 Å². The summed E-state index contributed by atoms with van der Waals surface area (Å²) in [4.78, 5) is 14.9. The maximum atomic E-state index is 10.5. The molecule has 0 amide bonds. The van der Waals surface area contributed by atoms with Crippen LogP contribution in [0, 0.1) is 0 Å².